The SMILES string of the molecule is Oc1ccc(-c2cc(O)cc(Cl)c2)cc1. The zero-order valence-corrected chi connectivity index (χ0v) is 8.57. The molecule has 2 nitrogen and oxygen atoms in total. The van der Waals surface area contributed by atoms with Gasteiger partial charge in [-0.15, -0.1) is 0 Å². The number of hydrogen-bond donors (Lipinski definition) is 2. The second-order valence-corrected chi connectivity index (χ2v) is 3.68. The Hall–Kier alpha value is -1.67. The van der Waals surface area contributed by atoms with Gasteiger partial charge in [0.25, 0.3) is 0 Å². The second-order valence-electron chi connectivity index (χ2n) is 3.24. The maximum absolute atomic E-state index is 9.38. The largest absolute Gasteiger partial charge is 0.508 e. The number of hydrogen-bond acceptors (Lipinski definition) is 2. The minimum atomic E-state index is 0.130. The molecule has 0 radical (unpaired) electrons. The summed E-state index contributed by atoms with van der Waals surface area (Å²) in [5.41, 5.74) is 1.71. The Balaban J connectivity index is 2.49. The molecule has 76 valence electrons. The Kier molecular flexibility index (Phi) is 2.52. The van der Waals surface area contributed by atoms with Gasteiger partial charge in [0, 0.05) is 5.02 Å². The highest BCUT2D eigenvalue weighted by Gasteiger charge is 2.01. The fourth-order valence-corrected chi connectivity index (χ4v) is 1.62. The summed E-state index contributed by atoms with van der Waals surface area (Å²) in [5.74, 6) is 0.343. The lowest BCUT2D eigenvalue weighted by Gasteiger charge is -2.03. The maximum atomic E-state index is 9.38. The van der Waals surface area contributed by atoms with Gasteiger partial charge in [-0.05, 0) is 41.5 Å². The van der Waals surface area contributed by atoms with Gasteiger partial charge >= 0.3 is 0 Å². The molecule has 2 aromatic rings. The fourth-order valence-electron chi connectivity index (χ4n) is 1.39. The van der Waals surface area contributed by atoms with Crippen molar-refractivity contribution in [3.63, 3.8) is 0 Å². The van der Waals surface area contributed by atoms with E-state index in [1.807, 2.05) is 0 Å². The van der Waals surface area contributed by atoms with Gasteiger partial charge in [0.05, 0.1) is 0 Å². The lowest BCUT2D eigenvalue weighted by molar-refractivity contribution is 0.475. The summed E-state index contributed by atoms with van der Waals surface area (Å²) in [7, 11) is 0. The molecule has 2 rings (SSSR count). The van der Waals surface area contributed by atoms with E-state index in [9.17, 15) is 5.11 Å². The van der Waals surface area contributed by atoms with Gasteiger partial charge in [0.15, 0.2) is 0 Å². The van der Waals surface area contributed by atoms with Crippen LogP contribution in [-0.2, 0) is 0 Å². The quantitative estimate of drug-likeness (QED) is 0.773. The summed E-state index contributed by atoms with van der Waals surface area (Å²) in [6.45, 7) is 0. The van der Waals surface area contributed by atoms with E-state index in [-0.39, 0.29) is 11.5 Å². The summed E-state index contributed by atoms with van der Waals surface area (Å²) in [6.07, 6.45) is 0. The van der Waals surface area contributed by atoms with Gasteiger partial charge in [-0.2, -0.15) is 0 Å². The highest BCUT2D eigenvalue weighted by molar-refractivity contribution is 6.31. The molecule has 0 aliphatic rings. The highest BCUT2D eigenvalue weighted by Crippen LogP contribution is 2.28. The lowest BCUT2D eigenvalue weighted by atomic mass is 10.1. The average Bonchev–Trinajstić information content (AvgIpc) is 2.17. The first-order valence-corrected chi connectivity index (χ1v) is 4.82. The van der Waals surface area contributed by atoms with Crippen LogP contribution >= 0.6 is 11.6 Å². The molecule has 0 aliphatic heterocycles. The Morgan fingerprint density at radius 1 is 0.733 bits per heavy atom. The van der Waals surface area contributed by atoms with Crippen LogP contribution in [0.2, 0.25) is 5.02 Å². The van der Waals surface area contributed by atoms with Crippen LogP contribution < -0.4 is 0 Å². The predicted molar refractivity (Wildman–Crippen MR) is 60.2 cm³/mol. The number of phenolic OH excluding ortho intramolecular Hbond substituents is 2. The van der Waals surface area contributed by atoms with Crippen molar-refractivity contribution in [1.29, 1.82) is 0 Å². The molecule has 0 bridgehead atoms. The van der Waals surface area contributed by atoms with Crippen molar-refractivity contribution in [3.05, 3.63) is 47.5 Å². The molecule has 3 heteroatoms. The smallest absolute Gasteiger partial charge is 0.117 e. The van der Waals surface area contributed by atoms with Crippen molar-refractivity contribution in [2.75, 3.05) is 0 Å². The summed E-state index contributed by atoms with van der Waals surface area (Å²) in [6, 6.07) is 11.6. The van der Waals surface area contributed by atoms with Crippen LogP contribution in [0, 0.1) is 0 Å². The van der Waals surface area contributed by atoms with Crippen molar-refractivity contribution < 1.29 is 10.2 Å². The first-order chi connectivity index (χ1) is 7.15. The van der Waals surface area contributed by atoms with E-state index in [1.165, 1.54) is 6.07 Å². The minimum absolute atomic E-state index is 0.130. The summed E-state index contributed by atoms with van der Waals surface area (Å²) < 4.78 is 0. The molecule has 0 saturated carbocycles. The molecule has 0 amide bonds. The van der Waals surface area contributed by atoms with Crippen LogP contribution in [0.3, 0.4) is 0 Å². The first-order valence-electron chi connectivity index (χ1n) is 4.44. The number of rotatable bonds is 1. The topological polar surface area (TPSA) is 40.5 Å². The van der Waals surface area contributed by atoms with E-state index in [0.717, 1.165) is 11.1 Å². The fraction of sp³-hybridized carbons (Fsp3) is 0. The lowest BCUT2D eigenvalue weighted by Crippen LogP contribution is -1.77. The van der Waals surface area contributed by atoms with E-state index in [1.54, 1.807) is 36.4 Å². The molecular formula is C12H9ClO2. The highest BCUT2D eigenvalue weighted by atomic mass is 35.5. The molecule has 0 spiro atoms. The normalized spacial score (nSPS) is 10.2. The molecule has 0 fully saturated rings. The zero-order valence-electron chi connectivity index (χ0n) is 7.81. The summed E-state index contributed by atoms with van der Waals surface area (Å²) in [5, 5.41) is 19.0. The van der Waals surface area contributed by atoms with Crippen molar-refractivity contribution in [1.82, 2.24) is 0 Å². The van der Waals surface area contributed by atoms with Crippen LogP contribution in [0.5, 0.6) is 11.5 Å². The third-order valence-corrected chi connectivity index (χ3v) is 2.30. The van der Waals surface area contributed by atoms with E-state index in [4.69, 9.17) is 16.7 Å². The number of phenols is 2. The van der Waals surface area contributed by atoms with E-state index in [0.29, 0.717) is 5.02 Å². The number of benzene rings is 2. The Morgan fingerprint density at radius 3 is 2.00 bits per heavy atom. The van der Waals surface area contributed by atoms with Gasteiger partial charge in [-0.25, -0.2) is 0 Å². The standard InChI is InChI=1S/C12H9ClO2/c13-10-5-9(6-12(15)7-10)8-1-3-11(14)4-2-8/h1-7,14-15H. The van der Waals surface area contributed by atoms with Crippen molar-refractivity contribution >= 4 is 11.6 Å². The Morgan fingerprint density at radius 2 is 1.40 bits per heavy atom. The molecule has 0 atom stereocenters. The van der Waals surface area contributed by atoms with E-state index >= 15 is 0 Å². The van der Waals surface area contributed by atoms with Crippen LogP contribution in [0.25, 0.3) is 11.1 Å². The molecule has 0 heterocycles. The number of aromatic hydroxyl groups is 2. The molecule has 0 aliphatic carbocycles. The monoisotopic (exact) mass is 220 g/mol. The van der Waals surface area contributed by atoms with Crippen molar-refractivity contribution in [3.8, 4) is 22.6 Å². The van der Waals surface area contributed by atoms with Crippen LogP contribution in [-0.4, -0.2) is 10.2 Å². The Labute approximate surface area is 92.4 Å². The molecule has 2 N–H and O–H groups in total. The molecular weight excluding hydrogens is 212 g/mol. The third kappa shape index (κ3) is 2.22. The summed E-state index contributed by atoms with van der Waals surface area (Å²) in [4.78, 5) is 0. The van der Waals surface area contributed by atoms with Gasteiger partial charge in [0.1, 0.15) is 11.5 Å². The molecule has 0 aromatic heterocycles. The van der Waals surface area contributed by atoms with Gasteiger partial charge in [-0.3, -0.25) is 0 Å². The minimum Gasteiger partial charge on any atom is -0.508 e. The van der Waals surface area contributed by atoms with Crippen LogP contribution in [0.1, 0.15) is 0 Å². The van der Waals surface area contributed by atoms with Gasteiger partial charge in [-0.1, -0.05) is 23.7 Å². The van der Waals surface area contributed by atoms with E-state index < -0.39 is 0 Å². The third-order valence-electron chi connectivity index (χ3n) is 2.08. The van der Waals surface area contributed by atoms with Crippen LogP contribution in [0.15, 0.2) is 42.5 Å². The summed E-state index contributed by atoms with van der Waals surface area (Å²) >= 11 is 5.82. The maximum Gasteiger partial charge on any atom is 0.117 e. The number of halogens is 1. The molecule has 0 saturated heterocycles. The zero-order chi connectivity index (χ0) is 10.8. The van der Waals surface area contributed by atoms with E-state index in [2.05, 4.69) is 0 Å². The van der Waals surface area contributed by atoms with Gasteiger partial charge < -0.3 is 10.2 Å². The first kappa shape index (κ1) is 9.87. The molecule has 0 unspecified atom stereocenters. The molecule has 2 aromatic carbocycles. The van der Waals surface area contributed by atoms with Gasteiger partial charge in [0.2, 0.25) is 0 Å². The Bertz CT molecular complexity index is 457. The van der Waals surface area contributed by atoms with Crippen molar-refractivity contribution in [2.24, 2.45) is 0 Å². The second kappa shape index (κ2) is 3.83. The average molecular weight is 221 g/mol. The molecule has 15 heavy (non-hydrogen) atoms. The van der Waals surface area contributed by atoms with Crippen molar-refractivity contribution in [2.45, 2.75) is 0 Å². The van der Waals surface area contributed by atoms with Crippen LogP contribution in [0.4, 0.5) is 0 Å². The predicted octanol–water partition coefficient (Wildman–Crippen LogP) is 3.42.